The molecule has 1 N–H and O–H groups in total. The Hall–Kier alpha value is -1.99. The molecular weight excluding hydrogens is 326 g/mol. The minimum absolute atomic E-state index is 0.354. The molecule has 0 unspecified atom stereocenters. The zero-order chi connectivity index (χ0) is 16.8. The van der Waals surface area contributed by atoms with Crippen molar-refractivity contribution in [2.24, 2.45) is 0 Å². The largest absolute Gasteiger partial charge is 0.495 e. The quantitative estimate of drug-likeness (QED) is 0.796. The van der Waals surface area contributed by atoms with Crippen LogP contribution < -0.4 is 14.8 Å². The predicted molar refractivity (Wildman–Crippen MR) is 83.1 cm³/mol. The number of halogens is 1. The number of carbonyl (C=O) groups excluding carboxylic acids is 2. The van der Waals surface area contributed by atoms with Crippen molar-refractivity contribution in [3.63, 3.8) is 0 Å². The van der Waals surface area contributed by atoms with Gasteiger partial charge in [0.2, 0.25) is 0 Å². The number of nitrogens with one attached hydrogen (secondary N) is 1. The van der Waals surface area contributed by atoms with Gasteiger partial charge in [0.1, 0.15) is 11.5 Å². The number of anilines is 1. The summed E-state index contributed by atoms with van der Waals surface area (Å²) >= 11 is 5.99. The number of hydrogen-bond acceptors (Lipinski definition) is 6. The molecule has 1 aliphatic rings. The Morgan fingerprint density at radius 3 is 2.65 bits per heavy atom. The van der Waals surface area contributed by atoms with Crippen LogP contribution >= 0.6 is 11.6 Å². The van der Waals surface area contributed by atoms with Crippen LogP contribution in [0.5, 0.6) is 11.5 Å². The van der Waals surface area contributed by atoms with Gasteiger partial charge < -0.3 is 24.3 Å². The number of carbonyl (C=O) groups is 2. The summed E-state index contributed by atoms with van der Waals surface area (Å²) in [4.78, 5) is 23.6. The van der Waals surface area contributed by atoms with Crippen LogP contribution in [-0.2, 0) is 19.1 Å². The first kappa shape index (κ1) is 17.4. The molecule has 1 heterocycles. The summed E-state index contributed by atoms with van der Waals surface area (Å²) < 4.78 is 20.4. The molecular formula is C15H18ClNO6. The minimum Gasteiger partial charge on any atom is -0.495 e. The van der Waals surface area contributed by atoms with Crippen molar-refractivity contribution < 1.29 is 28.5 Å². The van der Waals surface area contributed by atoms with E-state index in [1.807, 2.05) is 0 Å². The van der Waals surface area contributed by atoms with Gasteiger partial charge in [0.15, 0.2) is 12.7 Å². The molecule has 0 aromatic heterocycles. The van der Waals surface area contributed by atoms with Gasteiger partial charge >= 0.3 is 5.97 Å². The molecule has 8 heteroatoms. The third kappa shape index (κ3) is 4.49. The fourth-order valence-corrected chi connectivity index (χ4v) is 2.37. The number of benzene rings is 1. The monoisotopic (exact) mass is 343 g/mol. The Balaban J connectivity index is 1.95. The van der Waals surface area contributed by atoms with Crippen LogP contribution in [0.25, 0.3) is 0 Å². The van der Waals surface area contributed by atoms with E-state index in [4.69, 9.17) is 30.5 Å². The summed E-state index contributed by atoms with van der Waals surface area (Å²) in [6.45, 7) is 0.126. The maximum Gasteiger partial charge on any atom is 0.335 e. The number of ether oxygens (including phenoxy) is 4. The maximum absolute atomic E-state index is 11.9. The molecule has 7 nitrogen and oxygen atoms in total. The van der Waals surface area contributed by atoms with Crippen LogP contribution in [0, 0.1) is 0 Å². The molecule has 1 aromatic carbocycles. The van der Waals surface area contributed by atoms with Crippen LogP contribution in [0.1, 0.15) is 12.8 Å². The van der Waals surface area contributed by atoms with E-state index in [0.717, 1.165) is 6.42 Å². The Morgan fingerprint density at radius 1 is 1.30 bits per heavy atom. The average Bonchev–Trinajstić information content (AvgIpc) is 3.08. The lowest BCUT2D eigenvalue weighted by Crippen LogP contribution is -2.27. The fraction of sp³-hybridized carbons (Fsp3) is 0.467. The number of rotatable bonds is 6. The molecule has 1 aliphatic heterocycles. The van der Waals surface area contributed by atoms with Crippen molar-refractivity contribution in [3.8, 4) is 11.5 Å². The molecule has 0 bridgehead atoms. The van der Waals surface area contributed by atoms with Gasteiger partial charge in [-0.1, -0.05) is 11.6 Å². The van der Waals surface area contributed by atoms with E-state index >= 15 is 0 Å². The molecule has 1 saturated heterocycles. The van der Waals surface area contributed by atoms with Crippen LogP contribution in [0.15, 0.2) is 12.1 Å². The molecule has 1 amide bonds. The van der Waals surface area contributed by atoms with E-state index in [-0.39, 0.29) is 0 Å². The number of methoxy groups -OCH3 is 2. The molecule has 2 rings (SSSR count). The van der Waals surface area contributed by atoms with Crippen LogP contribution in [0.3, 0.4) is 0 Å². The highest BCUT2D eigenvalue weighted by Crippen LogP contribution is 2.35. The van der Waals surface area contributed by atoms with Crippen LogP contribution in [0.4, 0.5) is 5.69 Å². The SMILES string of the molecule is COc1cc(NC(=O)COC(=O)[C@H]2CCCO2)c(OC)cc1Cl. The van der Waals surface area contributed by atoms with E-state index in [0.29, 0.717) is 35.2 Å². The summed E-state index contributed by atoms with van der Waals surface area (Å²) in [6.07, 6.45) is 0.851. The van der Waals surface area contributed by atoms with E-state index in [1.165, 1.54) is 26.4 Å². The van der Waals surface area contributed by atoms with E-state index in [1.54, 1.807) is 0 Å². The summed E-state index contributed by atoms with van der Waals surface area (Å²) in [5.74, 6) is -0.272. The molecule has 1 atom stereocenters. The molecule has 126 valence electrons. The van der Waals surface area contributed by atoms with Gasteiger partial charge in [0.25, 0.3) is 5.91 Å². The van der Waals surface area contributed by atoms with Gasteiger partial charge in [0, 0.05) is 18.7 Å². The average molecular weight is 344 g/mol. The first-order valence-corrected chi connectivity index (χ1v) is 7.42. The standard InChI is InChI=1S/C15H18ClNO6/c1-20-12-7-10(13(21-2)6-9(12)16)17-14(18)8-23-15(19)11-4-3-5-22-11/h6-7,11H,3-5,8H2,1-2H3,(H,17,18)/t11-/m1/s1. The Bertz CT molecular complexity index is 586. The van der Waals surface area contributed by atoms with Crippen LogP contribution in [0.2, 0.25) is 5.02 Å². The molecule has 0 spiro atoms. The lowest BCUT2D eigenvalue weighted by atomic mass is 10.2. The third-order valence-corrected chi connectivity index (χ3v) is 3.58. The van der Waals surface area contributed by atoms with Crippen molar-refractivity contribution in [1.82, 2.24) is 0 Å². The van der Waals surface area contributed by atoms with Gasteiger partial charge in [-0.25, -0.2) is 4.79 Å². The number of esters is 1. The first-order valence-electron chi connectivity index (χ1n) is 7.04. The lowest BCUT2D eigenvalue weighted by molar-refractivity contribution is -0.156. The second-order valence-corrected chi connectivity index (χ2v) is 5.25. The summed E-state index contributed by atoms with van der Waals surface area (Å²) in [7, 11) is 2.91. The second kappa shape index (κ2) is 8.03. The summed E-state index contributed by atoms with van der Waals surface area (Å²) in [6, 6.07) is 3.05. The topological polar surface area (TPSA) is 83.1 Å². The van der Waals surface area contributed by atoms with Crippen molar-refractivity contribution in [2.75, 3.05) is 32.8 Å². The molecule has 1 fully saturated rings. The van der Waals surface area contributed by atoms with Crippen molar-refractivity contribution in [2.45, 2.75) is 18.9 Å². The lowest BCUT2D eigenvalue weighted by Gasteiger charge is -2.14. The van der Waals surface area contributed by atoms with Crippen molar-refractivity contribution in [3.05, 3.63) is 17.2 Å². The highest BCUT2D eigenvalue weighted by molar-refractivity contribution is 6.32. The zero-order valence-corrected chi connectivity index (χ0v) is 13.6. The van der Waals surface area contributed by atoms with E-state index in [2.05, 4.69) is 5.32 Å². The van der Waals surface area contributed by atoms with Crippen molar-refractivity contribution >= 4 is 29.2 Å². The molecule has 0 saturated carbocycles. The Labute approximate surface area is 138 Å². The van der Waals surface area contributed by atoms with Gasteiger partial charge in [0.05, 0.1) is 24.9 Å². The summed E-state index contributed by atoms with van der Waals surface area (Å²) in [5, 5.41) is 2.94. The molecule has 0 radical (unpaired) electrons. The second-order valence-electron chi connectivity index (χ2n) is 4.84. The fourth-order valence-electron chi connectivity index (χ4n) is 2.14. The smallest absolute Gasteiger partial charge is 0.335 e. The van der Waals surface area contributed by atoms with Gasteiger partial charge in [-0.2, -0.15) is 0 Å². The zero-order valence-electron chi connectivity index (χ0n) is 12.9. The minimum atomic E-state index is -0.576. The highest BCUT2D eigenvalue weighted by Gasteiger charge is 2.25. The van der Waals surface area contributed by atoms with Gasteiger partial charge in [-0.3, -0.25) is 4.79 Å². The highest BCUT2D eigenvalue weighted by atomic mass is 35.5. The third-order valence-electron chi connectivity index (χ3n) is 3.29. The number of hydrogen-bond donors (Lipinski definition) is 1. The normalized spacial score (nSPS) is 16.7. The molecule has 1 aromatic rings. The van der Waals surface area contributed by atoms with Crippen LogP contribution in [-0.4, -0.2) is 45.4 Å². The Kier molecular flexibility index (Phi) is 6.06. The predicted octanol–water partition coefficient (Wildman–Crippen LogP) is 2.02. The van der Waals surface area contributed by atoms with Gasteiger partial charge in [-0.15, -0.1) is 0 Å². The summed E-state index contributed by atoms with van der Waals surface area (Å²) in [5.41, 5.74) is 0.368. The van der Waals surface area contributed by atoms with Crippen molar-refractivity contribution in [1.29, 1.82) is 0 Å². The maximum atomic E-state index is 11.9. The van der Waals surface area contributed by atoms with E-state index in [9.17, 15) is 9.59 Å². The Morgan fingerprint density at radius 2 is 2.04 bits per heavy atom. The molecule has 23 heavy (non-hydrogen) atoms. The number of amides is 1. The molecule has 0 aliphatic carbocycles. The van der Waals surface area contributed by atoms with Gasteiger partial charge in [-0.05, 0) is 12.8 Å². The first-order chi connectivity index (χ1) is 11.0. The van der Waals surface area contributed by atoms with E-state index < -0.39 is 24.6 Å².